The van der Waals surface area contributed by atoms with E-state index in [1.165, 1.54) is 24.5 Å². The average Bonchev–Trinajstić information content (AvgIpc) is 2.83. The summed E-state index contributed by atoms with van der Waals surface area (Å²) in [6.07, 6.45) is -2.30. The van der Waals surface area contributed by atoms with Gasteiger partial charge >= 0.3 is 11.9 Å². The maximum absolute atomic E-state index is 14.4. The Labute approximate surface area is 162 Å². The fraction of sp³-hybridized carbons (Fsp3) is 0.375. The third-order valence-electron chi connectivity index (χ3n) is 4.21. The molecule has 5 nitrogen and oxygen atoms in total. The number of benzene rings is 1. The van der Waals surface area contributed by atoms with Crippen molar-refractivity contribution in [1.29, 1.82) is 0 Å². The predicted octanol–water partition coefficient (Wildman–Crippen LogP) is 3.17. The van der Waals surface area contributed by atoms with Crippen LogP contribution in [0.2, 0.25) is 0 Å². The van der Waals surface area contributed by atoms with Crippen LogP contribution in [0.25, 0.3) is 0 Å². The molecule has 1 aliphatic heterocycles. The summed E-state index contributed by atoms with van der Waals surface area (Å²) < 4.78 is 67.0. The second-order valence-corrected chi connectivity index (χ2v) is 8.61. The van der Waals surface area contributed by atoms with Crippen molar-refractivity contribution in [2.45, 2.75) is 31.7 Å². The van der Waals surface area contributed by atoms with Gasteiger partial charge in [-0.05, 0) is 25.1 Å². The molecule has 2 atom stereocenters. The molecule has 27 heavy (non-hydrogen) atoms. The summed E-state index contributed by atoms with van der Waals surface area (Å²) >= 11 is 3.24. The predicted molar refractivity (Wildman–Crippen MR) is 96.8 cm³/mol. The van der Waals surface area contributed by atoms with Gasteiger partial charge in [0.1, 0.15) is 22.9 Å². The van der Waals surface area contributed by atoms with Crippen LogP contribution in [0.4, 0.5) is 17.6 Å². The van der Waals surface area contributed by atoms with Crippen LogP contribution >= 0.6 is 15.9 Å². The number of fused-ring (bicyclic) bond motifs is 1. The van der Waals surface area contributed by atoms with Crippen molar-refractivity contribution < 1.29 is 21.8 Å². The minimum Gasteiger partial charge on any atom is -0.289 e. The van der Waals surface area contributed by atoms with E-state index in [-0.39, 0.29) is 22.8 Å². The summed E-state index contributed by atoms with van der Waals surface area (Å²) in [7, 11) is -1.70. The zero-order valence-electron chi connectivity index (χ0n) is 14.2. The van der Waals surface area contributed by atoms with Crippen molar-refractivity contribution >= 4 is 31.8 Å². The highest BCUT2D eigenvalue weighted by molar-refractivity contribution is 9.10. The van der Waals surface area contributed by atoms with Crippen molar-refractivity contribution in [3.05, 3.63) is 56.4 Å². The third kappa shape index (κ3) is 3.79. The van der Waals surface area contributed by atoms with Gasteiger partial charge in [-0.15, -0.1) is 0 Å². The molecule has 3 rings (SSSR count). The smallest absolute Gasteiger partial charge is 0.289 e. The molecule has 0 amide bonds. The van der Waals surface area contributed by atoms with Gasteiger partial charge in [-0.2, -0.15) is 13.2 Å². The molecule has 0 radical (unpaired) electrons. The minimum absolute atomic E-state index is 0.0398. The molecule has 2 unspecified atom stereocenters. The normalized spacial score (nSPS) is 20.9. The van der Waals surface area contributed by atoms with E-state index in [9.17, 15) is 26.6 Å². The summed E-state index contributed by atoms with van der Waals surface area (Å²) in [5.41, 5.74) is -2.04. The van der Waals surface area contributed by atoms with Crippen LogP contribution in [-0.2, 0) is 29.4 Å². The molecule has 11 heteroatoms. The summed E-state index contributed by atoms with van der Waals surface area (Å²) in [6, 6.07) is 4.19. The van der Waals surface area contributed by atoms with Crippen molar-refractivity contribution in [3.63, 3.8) is 0 Å². The highest BCUT2D eigenvalue weighted by Gasteiger charge is 2.39. The maximum atomic E-state index is 14.4. The first-order chi connectivity index (χ1) is 12.4. The number of rotatable bonds is 2. The molecule has 2 aromatic rings. The quantitative estimate of drug-likeness (QED) is 0.637. The Morgan fingerprint density at radius 1 is 1.37 bits per heavy atom. The van der Waals surface area contributed by atoms with Gasteiger partial charge in [-0.1, -0.05) is 15.9 Å². The lowest BCUT2D eigenvalue weighted by atomic mass is 9.91. The summed E-state index contributed by atoms with van der Waals surface area (Å²) in [5.74, 6) is -0.586. The standard InChI is InChI=1S/C16H14BrF4N3O2S/c1-15(10-5-9(17)3-4-11(10)18)7-24-12(13(22-15)27(2)26)6-23(14(24)25)8-16(19,20)21/h3-6H,7-8H2,1-2H3. The molecule has 0 saturated heterocycles. The van der Waals surface area contributed by atoms with Gasteiger partial charge in [0.2, 0.25) is 0 Å². The lowest BCUT2D eigenvalue weighted by Gasteiger charge is -2.31. The Hall–Kier alpha value is -1.75. The minimum atomic E-state index is -4.59. The Kier molecular flexibility index (Phi) is 4.96. The fourth-order valence-electron chi connectivity index (χ4n) is 3.05. The van der Waals surface area contributed by atoms with E-state index >= 15 is 0 Å². The molecule has 0 spiro atoms. The second kappa shape index (κ2) is 6.69. The highest BCUT2D eigenvalue weighted by Crippen LogP contribution is 2.35. The molecule has 2 heterocycles. The van der Waals surface area contributed by atoms with Crippen LogP contribution in [0, 0.1) is 5.82 Å². The van der Waals surface area contributed by atoms with Crippen LogP contribution in [0.3, 0.4) is 0 Å². The molecule has 0 aliphatic carbocycles. The van der Waals surface area contributed by atoms with Crippen LogP contribution in [-0.4, -0.2) is 30.8 Å². The largest absolute Gasteiger partial charge is 0.406 e. The van der Waals surface area contributed by atoms with Crippen molar-refractivity contribution in [1.82, 2.24) is 9.13 Å². The lowest BCUT2D eigenvalue weighted by Crippen LogP contribution is -2.40. The van der Waals surface area contributed by atoms with Crippen LogP contribution in [0.1, 0.15) is 18.2 Å². The lowest BCUT2D eigenvalue weighted by molar-refractivity contribution is -0.141. The van der Waals surface area contributed by atoms with Gasteiger partial charge in [-0.25, -0.2) is 9.18 Å². The third-order valence-corrected chi connectivity index (χ3v) is 5.55. The number of aliphatic imine (C=N–C) groups is 1. The van der Waals surface area contributed by atoms with E-state index in [1.807, 2.05) is 0 Å². The van der Waals surface area contributed by atoms with Crippen molar-refractivity contribution in [2.75, 3.05) is 6.26 Å². The zero-order chi connectivity index (χ0) is 20.1. The van der Waals surface area contributed by atoms with E-state index in [4.69, 9.17) is 0 Å². The highest BCUT2D eigenvalue weighted by atomic mass is 79.9. The van der Waals surface area contributed by atoms with Crippen LogP contribution < -0.4 is 5.69 Å². The molecule has 0 saturated carbocycles. The van der Waals surface area contributed by atoms with E-state index in [2.05, 4.69) is 20.9 Å². The molecule has 1 aromatic heterocycles. The van der Waals surface area contributed by atoms with Gasteiger partial charge in [0, 0.05) is 22.5 Å². The number of halogens is 5. The number of alkyl halides is 3. The van der Waals surface area contributed by atoms with Crippen LogP contribution in [0.15, 0.2) is 38.7 Å². The maximum Gasteiger partial charge on any atom is 0.406 e. The summed E-state index contributed by atoms with van der Waals surface area (Å²) in [5, 5.41) is -0.0545. The average molecular weight is 468 g/mol. The molecule has 1 aliphatic rings. The Balaban J connectivity index is 2.20. The number of hydrogen-bond donors (Lipinski definition) is 0. The first-order valence-electron chi connectivity index (χ1n) is 7.67. The summed E-state index contributed by atoms with van der Waals surface area (Å²) in [6.45, 7) is -0.112. The molecule has 0 N–H and O–H groups in total. The Morgan fingerprint density at radius 3 is 2.63 bits per heavy atom. The van der Waals surface area contributed by atoms with E-state index in [1.54, 1.807) is 6.92 Å². The van der Waals surface area contributed by atoms with E-state index in [0.29, 0.717) is 9.04 Å². The van der Waals surface area contributed by atoms with Gasteiger partial charge in [0.15, 0.2) is 0 Å². The van der Waals surface area contributed by atoms with Crippen molar-refractivity contribution in [2.24, 2.45) is 4.99 Å². The second-order valence-electron chi connectivity index (χ2n) is 6.40. The zero-order valence-corrected chi connectivity index (χ0v) is 16.6. The van der Waals surface area contributed by atoms with Gasteiger partial charge in [0.05, 0.1) is 23.0 Å². The topological polar surface area (TPSA) is 56.4 Å². The number of hydrogen-bond acceptors (Lipinski definition) is 3. The van der Waals surface area contributed by atoms with E-state index in [0.717, 1.165) is 10.8 Å². The molecule has 0 fully saturated rings. The Morgan fingerprint density at radius 2 is 2.04 bits per heavy atom. The summed E-state index contributed by atoms with van der Waals surface area (Å²) in [4.78, 5) is 16.9. The molecular formula is C16H14BrF4N3O2S. The van der Waals surface area contributed by atoms with E-state index < -0.39 is 40.6 Å². The number of aromatic nitrogens is 2. The molecule has 1 aromatic carbocycles. The van der Waals surface area contributed by atoms with Crippen molar-refractivity contribution in [3.8, 4) is 0 Å². The number of nitrogens with zero attached hydrogens (tertiary/aromatic N) is 3. The molecule has 0 bridgehead atoms. The monoisotopic (exact) mass is 467 g/mol. The Bertz CT molecular complexity index is 1030. The van der Waals surface area contributed by atoms with Gasteiger partial charge in [0.25, 0.3) is 0 Å². The first kappa shape index (κ1) is 20.0. The van der Waals surface area contributed by atoms with Crippen LogP contribution in [0.5, 0.6) is 0 Å². The SMILES string of the molecule is CS(=O)C1=NC(C)(c2cc(Br)ccc2F)Cn2c1cn(CC(F)(F)F)c2=O. The molecular weight excluding hydrogens is 454 g/mol. The fourth-order valence-corrected chi connectivity index (χ4v) is 4.20. The van der Waals surface area contributed by atoms with Gasteiger partial charge < -0.3 is 0 Å². The molecule has 146 valence electrons. The van der Waals surface area contributed by atoms with Gasteiger partial charge in [-0.3, -0.25) is 18.3 Å². The first-order valence-corrected chi connectivity index (χ1v) is 10.0. The number of imidazole rings is 1.